The van der Waals surface area contributed by atoms with Gasteiger partial charge in [0.2, 0.25) is 0 Å². The van der Waals surface area contributed by atoms with Crippen LogP contribution in [-0.4, -0.2) is 0 Å². The predicted molar refractivity (Wildman–Crippen MR) is 200 cm³/mol. The summed E-state index contributed by atoms with van der Waals surface area (Å²) in [4.78, 5) is 0. The second-order valence-corrected chi connectivity index (χ2v) is 12.4. The minimum absolute atomic E-state index is 0.769. The van der Waals surface area contributed by atoms with Gasteiger partial charge in [0.15, 0.2) is 11.2 Å². The molecule has 0 N–H and O–H groups in total. The van der Waals surface area contributed by atoms with Gasteiger partial charge in [-0.3, -0.25) is 0 Å². The van der Waals surface area contributed by atoms with Crippen molar-refractivity contribution in [1.29, 1.82) is 0 Å². The van der Waals surface area contributed by atoms with E-state index in [4.69, 9.17) is 8.83 Å². The van der Waals surface area contributed by atoms with E-state index in [2.05, 4.69) is 140 Å². The largest absolute Gasteiger partial charge is 0.452 e. The summed E-state index contributed by atoms with van der Waals surface area (Å²) >= 11 is 0. The van der Waals surface area contributed by atoms with Crippen LogP contribution in [0.4, 0.5) is 0 Å². The first kappa shape index (κ1) is 26.8. The molecule has 2 heteroatoms. The molecule has 0 amide bonds. The van der Waals surface area contributed by atoms with Crippen LogP contribution in [0.1, 0.15) is 0 Å². The Morgan fingerprint density at radius 2 is 0.833 bits per heavy atom. The van der Waals surface area contributed by atoms with Gasteiger partial charge in [0.05, 0.1) is 0 Å². The highest BCUT2D eigenvalue weighted by molar-refractivity contribution is 6.28. The molecule has 0 aliphatic rings. The first-order chi connectivity index (χ1) is 23.8. The Morgan fingerprint density at radius 1 is 0.333 bits per heavy atom. The molecule has 48 heavy (non-hydrogen) atoms. The number of rotatable bonds is 4. The molecule has 0 radical (unpaired) electrons. The molecule has 2 aromatic heterocycles. The van der Waals surface area contributed by atoms with Crippen molar-refractivity contribution in [1.82, 2.24) is 0 Å². The molecule has 2 heterocycles. The SMILES string of the molecule is c1ccc(-c2cc3cc(-c4c5ccccc5c(-c5ccccc5-c5ccccc5)c5ccccc45)c4c5ccccc5oc4c3o2)cc1. The van der Waals surface area contributed by atoms with Crippen molar-refractivity contribution >= 4 is 54.5 Å². The van der Waals surface area contributed by atoms with Gasteiger partial charge < -0.3 is 8.83 Å². The lowest BCUT2D eigenvalue weighted by atomic mass is 9.83. The molecule has 10 rings (SSSR count). The molecule has 0 atom stereocenters. The first-order valence-corrected chi connectivity index (χ1v) is 16.4. The first-order valence-electron chi connectivity index (χ1n) is 16.4. The number of benzene rings is 8. The van der Waals surface area contributed by atoms with Crippen molar-refractivity contribution in [3.8, 4) is 44.7 Å². The lowest BCUT2D eigenvalue weighted by Gasteiger charge is -2.20. The van der Waals surface area contributed by atoms with E-state index < -0.39 is 0 Å². The van der Waals surface area contributed by atoms with Crippen molar-refractivity contribution in [3.63, 3.8) is 0 Å². The van der Waals surface area contributed by atoms with Crippen LogP contribution in [0.3, 0.4) is 0 Å². The molecule has 8 aromatic carbocycles. The standard InChI is InChI=1S/C46H28O2/c1-3-15-29(16-4-1)32-19-7-8-20-33(32)42-34-21-9-11-23-36(34)43(37-24-12-10-22-35(37)42)39-27-31-28-41(30-17-5-2-6-18-30)48-45(31)46-44(39)38-25-13-14-26-40(38)47-46/h1-28H. The van der Waals surface area contributed by atoms with Crippen LogP contribution >= 0.6 is 0 Å². The second-order valence-electron chi connectivity index (χ2n) is 12.4. The van der Waals surface area contributed by atoms with Gasteiger partial charge in [-0.05, 0) is 73.1 Å². The number of fused-ring (bicyclic) bond motifs is 7. The Bertz CT molecular complexity index is 2760. The fraction of sp³-hybridized carbons (Fsp3) is 0. The van der Waals surface area contributed by atoms with Crippen molar-refractivity contribution in [2.75, 3.05) is 0 Å². The fourth-order valence-electron chi connectivity index (χ4n) is 7.61. The van der Waals surface area contributed by atoms with Crippen LogP contribution in [0.25, 0.3) is 99.2 Å². The second kappa shape index (κ2) is 10.6. The third-order valence-corrected chi connectivity index (χ3v) is 9.67. The van der Waals surface area contributed by atoms with E-state index in [0.29, 0.717) is 0 Å². The lowest BCUT2D eigenvalue weighted by molar-refractivity contribution is 0.611. The van der Waals surface area contributed by atoms with Gasteiger partial charge >= 0.3 is 0 Å². The average Bonchev–Trinajstić information content (AvgIpc) is 3.77. The lowest BCUT2D eigenvalue weighted by Crippen LogP contribution is -1.93. The highest BCUT2D eigenvalue weighted by Gasteiger charge is 2.24. The molecule has 224 valence electrons. The van der Waals surface area contributed by atoms with Gasteiger partial charge in [0.1, 0.15) is 11.3 Å². The molecule has 10 aromatic rings. The van der Waals surface area contributed by atoms with Crippen molar-refractivity contribution in [2.24, 2.45) is 0 Å². The summed E-state index contributed by atoms with van der Waals surface area (Å²) in [6.45, 7) is 0. The summed E-state index contributed by atoms with van der Waals surface area (Å²) in [5, 5.41) is 8.00. The van der Waals surface area contributed by atoms with Crippen LogP contribution in [-0.2, 0) is 0 Å². The molecule has 0 spiro atoms. The number of para-hydroxylation sites is 1. The van der Waals surface area contributed by atoms with Crippen LogP contribution in [0, 0.1) is 0 Å². The Hall–Kier alpha value is -6.38. The third-order valence-electron chi connectivity index (χ3n) is 9.67. The Kier molecular flexibility index (Phi) is 5.91. The minimum atomic E-state index is 0.769. The predicted octanol–water partition coefficient (Wildman–Crippen LogP) is 13.3. The monoisotopic (exact) mass is 612 g/mol. The van der Waals surface area contributed by atoms with E-state index in [9.17, 15) is 0 Å². The van der Waals surface area contributed by atoms with Gasteiger partial charge in [-0.1, -0.05) is 152 Å². The zero-order valence-electron chi connectivity index (χ0n) is 26.0. The molecular weight excluding hydrogens is 585 g/mol. The number of hydrogen-bond acceptors (Lipinski definition) is 2. The maximum absolute atomic E-state index is 6.67. The Balaban J connectivity index is 1.36. The van der Waals surface area contributed by atoms with Gasteiger partial charge in [-0.15, -0.1) is 0 Å². The maximum Gasteiger partial charge on any atom is 0.179 e. The zero-order chi connectivity index (χ0) is 31.6. The van der Waals surface area contributed by atoms with Crippen LogP contribution in [0.5, 0.6) is 0 Å². The van der Waals surface area contributed by atoms with E-state index in [0.717, 1.165) is 49.8 Å². The third kappa shape index (κ3) is 4.00. The van der Waals surface area contributed by atoms with Gasteiger partial charge in [-0.2, -0.15) is 0 Å². The molecule has 0 saturated heterocycles. The van der Waals surface area contributed by atoms with Crippen LogP contribution in [0.2, 0.25) is 0 Å². The Labute approximate surface area is 277 Å². The van der Waals surface area contributed by atoms with Crippen molar-refractivity contribution in [3.05, 3.63) is 170 Å². The quantitative estimate of drug-likeness (QED) is 0.185. The smallest absolute Gasteiger partial charge is 0.179 e. The summed E-state index contributed by atoms with van der Waals surface area (Å²) in [6.07, 6.45) is 0. The molecule has 0 unspecified atom stereocenters. The van der Waals surface area contributed by atoms with E-state index in [1.807, 2.05) is 30.3 Å². The van der Waals surface area contributed by atoms with Gasteiger partial charge in [0, 0.05) is 21.7 Å². The Morgan fingerprint density at radius 3 is 1.48 bits per heavy atom. The molecule has 0 bridgehead atoms. The average molecular weight is 613 g/mol. The number of hydrogen-bond donors (Lipinski definition) is 0. The molecule has 0 aliphatic carbocycles. The van der Waals surface area contributed by atoms with E-state index in [1.54, 1.807) is 0 Å². The molecular formula is C46H28O2. The van der Waals surface area contributed by atoms with E-state index in [-0.39, 0.29) is 0 Å². The van der Waals surface area contributed by atoms with Crippen molar-refractivity contribution in [2.45, 2.75) is 0 Å². The van der Waals surface area contributed by atoms with Gasteiger partial charge in [-0.25, -0.2) is 0 Å². The zero-order valence-corrected chi connectivity index (χ0v) is 26.0. The summed E-state index contributed by atoms with van der Waals surface area (Å²) < 4.78 is 13.3. The highest BCUT2D eigenvalue weighted by Crippen LogP contribution is 2.50. The maximum atomic E-state index is 6.67. The highest BCUT2D eigenvalue weighted by atomic mass is 16.4. The van der Waals surface area contributed by atoms with E-state index >= 15 is 0 Å². The van der Waals surface area contributed by atoms with E-state index in [1.165, 1.54) is 49.4 Å². The summed E-state index contributed by atoms with van der Waals surface area (Å²) in [5.74, 6) is 0.826. The molecule has 0 aliphatic heterocycles. The van der Waals surface area contributed by atoms with Crippen LogP contribution in [0.15, 0.2) is 179 Å². The summed E-state index contributed by atoms with van der Waals surface area (Å²) in [5.41, 5.74) is 10.7. The normalized spacial score (nSPS) is 11.8. The molecule has 0 saturated carbocycles. The summed E-state index contributed by atoms with van der Waals surface area (Å²) in [7, 11) is 0. The van der Waals surface area contributed by atoms with Gasteiger partial charge in [0.25, 0.3) is 0 Å². The topological polar surface area (TPSA) is 26.3 Å². The van der Waals surface area contributed by atoms with Crippen molar-refractivity contribution < 1.29 is 8.83 Å². The molecule has 2 nitrogen and oxygen atoms in total. The fourth-order valence-corrected chi connectivity index (χ4v) is 7.61. The molecule has 0 fully saturated rings. The van der Waals surface area contributed by atoms with Crippen LogP contribution < -0.4 is 0 Å². The number of furan rings is 2. The minimum Gasteiger partial charge on any atom is -0.452 e. The summed E-state index contributed by atoms with van der Waals surface area (Å²) in [6, 6.07) is 60.3.